The van der Waals surface area contributed by atoms with E-state index in [9.17, 15) is 0 Å². The number of hydrogen-bond acceptors (Lipinski definition) is 2. The monoisotopic (exact) mass is 658 g/mol. The molecule has 2 nitrogen and oxygen atoms in total. The van der Waals surface area contributed by atoms with Crippen LogP contribution in [0.4, 0.5) is 0 Å². The van der Waals surface area contributed by atoms with Gasteiger partial charge in [-0.25, -0.2) is 0 Å². The predicted octanol–water partition coefficient (Wildman–Crippen LogP) is 11.5. The molecule has 7 aromatic rings. The van der Waals surface area contributed by atoms with Gasteiger partial charge in [0.1, 0.15) is 0 Å². The van der Waals surface area contributed by atoms with E-state index in [4.69, 9.17) is 5.73 Å². The summed E-state index contributed by atoms with van der Waals surface area (Å²) < 4.78 is 0. The lowest BCUT2D eigenvalue weighted by Gasteiger charge is -2.28. The van der Waals surface area contributed by atoms with Gasteiger partial charge in [-0.15, -0.1) is 0 Å². The van der Waals surface area contributed by atoms with Crippen molar-refractivity contribution in [2.75, 3.05) is 0 Å². The molecule has 2 heteroatoms. The largest absolute Gasteiger partial charge is 0.312 e. The Balaban J connectivity index is 1.17. The minimum Gasteiger partial charge on any atom is -0.312 e. The molecule has 9 rings (SSSR count). The molecule has 0 aliphatic heterocycles. The van der Waals surface area contributed by atoms with Crippen molar-refractivity contribution in [3.05, 3.63) is 208 Å². The molecule has 0 heterocycles. The van der Waals surface area contributed by atoms with Crippen LogP contribution in [0.25, 0.3) is 39.1 Å². The van der Waals surface area contributed by atoms with E-state index in [1.807, 2.05) is 6.07 Å². The van der Waals surface area contributed by atoms with E-state index >= 15 is 0 Å². The van der Waals surface area contributed by atoms with Gasteiger partial charge >= 0.3 is 0 Å². The highest BCUT2D eigenvalue weighted by Crippen LogP contribution is 2.53. The number of nitrogens with one attached hydrogen (secondary N) is 1. The van der Waals surface area contributed by atoms with E-state index in [1.54, 1.807) is 0 Å². The van der Waals surface area contributed by atoms with Crippen molar-refractivity contribution >= 4 is 16.8 Å². The first-order valence-electron chi connectivity index (χ1n) is 18.1. The van der Waals surface area contributed by atoms with Crippen molar-refractivity contribution in [1.29, 1.82) is 0 Å². The molecule has 0 radical (unpaired) electrons. The molecule has 3 N–H and O–H groups in total. The lowest BCUT2D eigenvalue weighted by atomic mass is 9.74. The third kappa shape index (κ3) is 5.01. The van der Waals surface area contributed by atoms with Gasteiger partial charge in [-0.3, -0.25) is 5.32 Å². The topological polar surface area (TPSA) is 38.0 Å². The number of fused-ring (bicyclic) bond motifs is 7. The summed E-state index contributed by atoms with van der Waals surface area (Å²) in [5.74, 6) is 0. The number of benzene rings is 7. The van der Waals surface area contributed by atoms with E-state index < -0.39 is 0 Å². The molecular formula is C49H42N2. The average molecular weight is 659 g/mol. The number of rotatable bonds is 7. The van der Waals surface area contributed by atoms with Crippen LogP contribution in [0.3, 0.4) is 0 Å². The molecule has 3 atom stereocenters. The van der Waals surface area contributed by atoms with Crippen LogP contribution in [0.1, 0.15) is 77.5 Å². The molecule has 51 heavy (non-hydrogen) atoms. The third-order valence-electron chi connectivity index (χ3n) is 11.6. The molecule has 0 aromatic heterocycles. The summed E-state index contributed by atoms with van der Waals surface area (Å²) in [7, 11) is 0. The standard InChI is InChI=1S/C49H42N2/c1-48(2)43-24-14-19-32(46(43)40-29-34-17-10-11-18-35(34)31-44(40)48)26-28-45(51-47(50)33-15-6-4-7-16-33)36-25-27-42-39(30-36)38-22-12-13-23-41(38)49(42,3)37-20-8-5-9-21-37/h4-31,45,47,51H,50H2,1-3H3/b28-26+. The van der Waals surface area contributed by atoms with Gasteiger partial charge in [-0.1, -0.05) is 166 Å². The molecule has 0 bridgehead atoms. The second-order valence-electron chi connectivity index (χ2n) is 14.9. The van der Waals surface area contributed by atoms with E-state index in [0.29, 0.717) is 0 Å². The summed E-state index contributed by atoms with van der Waals surface area (Å²) in [5, 5.41) is 6.36. The Morgan fingerprint density at radius 3 is 1.96 bits per heavy atom. The molecule has 7 aromatic carbocycles. The Morgan fingerprint density at radius 1 is 0.529 bits per heavy atom. The molecule has 0 saturated carbocycles. The van der Waals surface area contributed by atoms with Gasteiger partial charge in [0, 0.05) is 10.8 Å². The third-order valence-corrected chi connectivity index (χ3v) is 11.6. The van der Waals surface area contributed by atoms with E-state index in [1.165, 1.54) is 72.0 Å². The van der Waals surface area contributed by atoms with Crippen molar-refractivity contribution in [2.24, 2.45) is 5.73 Å². The number of nitrogens with two attached hydrogens (primary N) is 1. The first-order valence-corrected chi connectivity index (χ1v) is 18.1. The predicted molar refractivity (Wildman–Crippen MR) is 214 cm³/mol. The van der Waals surface area contributed by atoms with Crippen molar-refractivity contribution in [3.8, 4) is 22.3 Å². The molecular weight excluding hydrogens is 617 g/mol. The van der Waals surface area contributed by atoms with E-state index in [2.05, 4.69) is 190 Å². The molecule has 2 aliphatic rings. The summed E-state index contributed by atoms with van der Waals surface area (Å²) in [6.45, 7) is 7.08. The zero-order valence-corrected chi connectivity index (χ0v) is 29.4. The fourth-order valence-corrected chi connectivity index (χ4v) is 8.85. The van der Waals surface area contributed by atoms with Gasteiger partial charge in [0.2, 0.25) is 0 Å². The Labute approximate surface area is 301 Å². The van der Waals surface area contributed by atoms with Crippen LogP contribution in [0, 0.1) is 0 Å². The fraction of sp³-hybridized carbons (Fsp3) is 0.143. The van der Waals surface area contributed by atoms with Crippen molar-refractivity contribution in [3.63, 3.8) is 0 Å². The maximum absolute atomic E-state index is 6.91. The minimum atomic E-state index is -0.344. The first-order chi connectivity index (χ1) is 24.8. The molecule has 248 valence electrons. The van der Waals surface area contributed by atoms with E-state index in [0.717, 1.165) is 5.56 Å². The molecule has 0 spiro atoms. The van der Waals surface area contributed by atoms with Gasteiger partial charge in [-0.05, 0) is 103 Å². The van der Waals surface area contributed by atoms with Crippen LogP contribution in [0.5, 0.6) is 0 Å². The highest BCUT2D eigenvalue weighted by Gasteiger charge is 2.41. The lowest BCUT2D eigenvalue weighted by Crippen LogP contribution is -2.31. The zero-order valence-electron chi connectivity index (χ0n) is 29.4. The maximum atomic E-state index is 6.91. The summed E-state index contributed by atoms with van der Waals surface area (Å²) in [4.78, 5) is 0. The van der Waals surface area contributed by atoms with Gasteiger partial charge in [0.05, 0.1) is 12.2 Å². The first kappa shape index (κ1) is 31.4. The van der Waals surface area contributed by atoms with E-state index in [-0.39, 0.29) is 23.0 Å². The van der Waals surface area contributed by atoms with Gasteiger partial charge in [0.25, 0.3) is 0 Å². The molecule has 3 unspecified atom stereocenters. The molecule has 0 fully saturated rings. The molecule has 0 saturated heterocycles. The minimum absolute atomic E-state index is 0.0926. The Kier molecular flexibility index (Phi) is 7.43. The lowest BCUT2D eigenvalue weighted by molar-refractivity contribution is 0.509. The summed E-state index contributed by atoms with van der Waals surface area (Å²) >= 11 is 0. The zero-order chi connectivity index (χ0) is 34.7. The van der Waals surface area contributed by atoms with Gasteiger partial charge in [-0.2, -0.15) is 0 Å². The summed E-state index contributed by atoms with van der Waals surface area (Å²) in [5.41, 5.74) is 22.0. The Hall–Kier alpha value is -5.54. The molecule has 2 aliphatic carbocycles. The fourth-order valence-electron chi connectivity index (χ4n) is 8.85. The van der Waals surface area contributed by atoms with Crippen molar-refractivity contribution < 1.29 is 0 Å². The van der Waals surface area contributed by atoms with Crippen LogP contribution in [-0.2, 0) is 10.8 Å². The van der Waals surface area contributed by atoms with Crippen LogP contribution >= 0.6 is 0 Å². The highest BCUT2D eigenvalue weighted by molar-refractivity contribution is 5.96. The second-order valence-corrected chi connectivity index (χ2v) is 14.9. The van der Waals surface area contributed by atoms with Gasteiger partial charge in [0.15, 0.2) is 0 Å². The van der Waals surface area contributed by atoms with Crippen LogP contribution in [0.2, 0.25) is 0 Å². The van der Waals surface area contributed by atoms with Crippen molar-refractivity contribution in [2.45, 2.75) is 43.8 Å². The normalized spacial score (nSPS) is 17.9. The smallest absolute Gasteiger partial charge is 0.0817 e. The number of hydrogen-bond donors (Lipinski definition) is 2. The Morgan fingerprint density at radius 2 is 1.18 bits per heavy atom. The summed E-state index contributed by atoms with van der Waals surface area (Å²) in [6, 6.07) is 57.3. The Bertz CT molecular complexity index is 2460. The van der Waals surface area contributed by atoms with Crippen molar-refractivity contribution in [1.82, 2.24) is 5.32 Å². The SMILES string of the molecule is CC1(C)c2cc3ccccc3cc2-c2c(/C=C/C(NC(N)c3ccccc3)c3ccc4c(c3)-c3ccccc3C4(C)c3ccccc3)cccc21. The quantitative estimate of drug-likeness (QED) is 0.167. The maximum Gasteiger partial charge on any atom is 0.0817 e. The van der Waals surface area contributed by atoms with Crippen LogP contribution in [-0.4, -0.2) is 0 Å². The average Bonchev–Trinajstić information content (AvgIpc) is 3.57. The van der Waals surface area contributed by atoms with Crippen LogP contribution in [0.15, 0.2) is 164 Å². The second kappa shape index (κ2) is 12.1. The van der Waals surface area contributed by atoms with Gasteiger partial charge < -0.3 is 5.73 Å². The van der Waals surface area contributed by atoms with Crippen LogP contribution < -0.4 is 11.1 Å². The highest BCUT2D eigenvalue weighted by atomic mass is 15.0. The molecule has 0 amide bonds. The summed E-state index contributed by atoms with van der Waals surface area (Å²) in [6.07, 6.45) is 4.27.